The number of rotatable bonds is 5. The van der Waals surface area contributed by atoms with Crippen LogP contribution >= 0.6 is 0 Å². The Hall–Kier alpha value is -1.00. The number of hydrogen-bond acceptors (Lipinski definition) is 2. The lowest BCUT2D eigenvalue weighted by atomic mass is 9.89. The Balaban J connectivity index is 3.34. The zero-order chi connectivity index (χ0) is 13.9. The summed E-state index contributed by atoms with van der Waals surface area (Å²) < 4.78 is 33.5. The third-order valence-corrected chi connectivity index (χ3v) is 3.24. The summed E-state index contributed by atoms with van der Waals surface area (Å²) in [5.41, 5.74) is -0.226. The molecule has 1 aromatic rings. The second-order valence-corrected chi connectivity index (χ2v) is 4.89. The summed E-state index contributed by atoms with van der Waals surface area (Å²) in [5.74, 6) is -1.06. The SMILES string of the molecule is CCNC(c1c(F)ccc(C)c1F)C(C)(C)OC. The van der Waals surface area contributed by atoms with Crippen molar-refractivity contribution in [3.8, 4) is 0 Å². The first-order valence-corrected chi connectivity index (χ1v) is 6.08. The monoisotopic (exact) mass is 257 g/mol. The highest BCUT2D eigenvalue weighted by atomic mass is 19.1. The van der Waals surface area contributed by atoms with E-state index in [9.17, 15) is 8.78 Å². The van der Waals surface area contributed by atoms with Gasteiger partial charge in [-0.15, -0.1) is 0 Å². The molecule has 0 aromatic heterocycles. The minimum Gasteiger partial charge on any atom is -0.377 e. The van der Waals surface area contributed by atoms with Crippen LogP contribution in [0.4, 0.5) is 8.78 Å². The van der Waals surface area contributed by atoms with E-state index in [4.69, 9.17) is 4.74 Å². The zero-order valence-corrected chi connectivity index (χ0v) is 11.6. The van der Waals surface area contributed by atoms with Crippen molar-refractivity contribution in [2.24, 2.45) is 0 Å². The fourth-order valence-corrected chi connectivity index (χ4v) is 1.96. The van der Waals surface area contributed by atoms with Crippen molar-refractivity contribution in [1.29, 1.82) is 0 Å². The van der Waals surface area contributed by atoms with Crippen LogP contribution in [0.1, 0.15) is 37.9 Å². The minimum absolute atomic E-state index is 0.0451. The number of hydrogen-bond donors (Lipinski definition) is 1. The second-order valence-electron chi connectivity index (χ2n) is 4.89. The van der Waals surface area contributed by atoms with Crippen molar-refractivity contribution in [3.63, 3.8) is 0 Å². The number of benzene rings is 1. The Morgan fingerprint density at radius 1 is 1.33 bits per heavy atom. The Labute approximate surface area is 107 Å². The quantitative estimate of drug-likeness (QED) is 0.873. The molecule has 0 heterocycles. The summed E-state index contributed by atoms with van der Waals surface area (Å²) in [6.07, 6.45) is 0. The van der Waals surface area contributed by atoms with Crippen molar-refractivity contribution in [2.45, 2.75) is 39.3 Å². The summed E-state index contributed by atoms with van der Waals surface area (Å²) in [4.78, 5) is 0. The second kappa shape index (κ2) is 5.76. The molecule has 1 rings (SSSR count). The number of aryl methyl sites for hydroxylation is 1. The van der Waals surface area contributed by atoms with Gasteiger partial charge in [0, 0.05) is 12.7 Å². The summed E-state index contributed by atoms with van der Waals surface area (Å²) in [6, 6.07) is 2.20. The van der Waals surface area contributed by atoms with Crippen LogP contribution in [0.2, 0.25) is 0 Å². The van der Waals surface area contributed by atoms with Crippen molar-refractivity contribution >= 4 is 0 Å². The van der Waals surface area contributed by atoms with E-state index in [0.29, 0.717) is 12.1 Å². The summed E-state index contributed by atoms with van der Waals surface area (Å²) >= 11 is 0. The van der Waals surface area contributed by atoms with Gasteiger partial charge < -0.3 is 10.1 Å². The highest BCUT2D eigenvalue weighted by Gasteiger charge is 2.34. The molecule has 0 aliphatic carbocycles. The molecule has 102 valence electrons. The standard InChI is InChI=1S/C14H21F2NO/c1-6-17-13(14(3,4)18-5)11-10(15)8-7-9(2)12(11)16/h7-8,13,17H,6H2,1-5H3. The number of ether oxygens (including phenoxy) is 1. The maximum absolute atomic E-state index is 14.2. The number of likely N-dealkylation sites (N-methyl/N-ethyl adjacent to an activating group) is 1. The number of methoxy groups -OCH3 is 1. The van der Waals surface area contributed by atoms with Crippen molar-refractivity contribution in [2.75, 3.05) is 13.7 Å². The molecule has 0 bridgehead atoms. The lowest BCUT2D eigenvalue weighted by Gasteiger charge is -2.34. The van der Waals surface area contributed by atoms with Crippen LogP contribution in [0.15, 0.2) is 12.1 Å². The highest BCUT2D eigenvalue weighted by Crippen LogP contribution is 2.32. The zero-order valence-electron chi connectivity index (χ0n) is 11.6. The molecular weight excluding hydrogens is 236 g/mol. The third kappa shape index (κ3) is 2.87. The van der Waals surface area contributed by atoms with Gasteiger partial charge in [0.2, 0.25) is 0 Å². The molecule has 0 radical (unpaired) electrons. The Morgan fingerprint density at radius 3 is 2.44 bits per heavy atom. The predicted octanol–water partition coefficient (Wildman–Crippen LogP) is 3.35. The average molecular weight is 257 g/mol. The molecule has 2 nitrogen and oxygen atoms in total. The van der Waals surface area contributed by atoms with E-state index in [1.54, 1.807) is 6.92 Å². The number of nitrogens with one attached hydrogen (secondary N) is 1. The minimum atomic E-state index is -0.703. The maximum Gasteiger partial charge on any atom is 0.133 e. The molecule has 1 atom stereocenters. The molecular formula is C14H21F2NO. The van der Waals surface area contributed by atoms with Crippen molar-refractivity contribution in [3.05, 3.63) is 34.9 Å². The molecule has 1 aromatic carbocycles. The summed E-state index contributed by atoms with van der Waals surface area (Å²) in [6.45, 7) is 7.73. The molecule has 4 heteroatoms. The van der Waals surface area contributed by atoms with Crippen LogP contribution in [-0.2, 0) is 4.74 Å². The van der Waals surface area contributed by atoms with E-state index in [1.165, 1.54) is 19.2 Å². The highest BCUT2D eigenvalue weighted by molar-refractivity contribution is 5.31. The molecule has 0 fully saturated rings. The molecule has 1 N–H and O–H groups in total. The fourth-order valence-electron chi connectivity index (χ4n) is 1.96. The topological polar surface area (TPSA) is 21.3 Å². The van der Waals surface area contributed by atoms with Gasteiger partial charge in [-0.25, -0.2) is 8.78 Å². The lowest BCUT2D eigenvalue weighted by molar-refractivity contribution is -0.0126. The van der Waals surface area contributed by atoms with Gasteiger partial charge in [0.25, 0.3) is 0 Å². The Morgan fingerprint density at radius 2 is 1.94 bits per heavy atom. The van der Waals surface area contributed by atoms with Crippen LogP contribution in [0.25, 0.3) is 0 Å². The third-order valence-electron chi connectivity index (χ3n) is 3.24. The lowest BCUT2D eigenvalue weighted by Crippen LogP contribution is -2.42. The first kappa shape index (κ1) is 15.1. The van der Waals surface area contributed by atoms with Crippen LogP contribution in [-0.4, -0.2) is 19.3 Å². The van der Waals surface area contributed by atoms with Crippen LogP contribution in [0.5, 0.6) is 0 Å². The van der Waals surface area contributed by atoms with Gasteiger partial charge in [-0.3, -0.25) is 0 Å². The first-order valence-electron chi connectivity index (χ1n) is 6.08. The van der Waals surface area contributed by atoms with Crippen LogP contribution in [0.3, 0.4) is 0 Å². The molecule has 0 spiro atoms. The van der Waals surface area contributed by atoms with Gasteiger partial charge >= 0.3 is 0 Å². The Bertz CT molecular complexity index is 419. The largest absolute Gasteiger partial charge is 0.377 e. The molecule has 0 aliphatic heterocycles. The van der Waals surface area contributed by atoms with Gasteiger partial charge in [-0.1, -0.05) is 13.0 Å². The van der Waals surface area contributed by atoms with E-state index >= 15 is 0 Å². The molecule has 0 amide bonds. The van der Waals surface area contributed by atoms with Gasteiger partial charge in [0.05, 0.1) is 11.6 Å². The normalized spacial score (nSPS) is 13.7. The van der Waals surface area contributed by atoms with E-state index < -0.39 is 23.3 Å². The van der Waals surface area contributed by atoms with Crippen molar-refractivity contribution < 1.29 is 13.5 Å². The molecule has 0 aliphatic rings. The Kier molecular flexibility index (Phi) is 4.82. The number of halogens is 2. The summed E-state index contributed by atoms with van der Waals surface area (Å²) in [7, 11) is 1.54. The van der Waals surface area contributed by atoms with Crippen LogP contribution in [0, 0.1) is 18.6 Å². The molecule has 0 saturated carbocycles. The van der Waals surface area contributed by atoms with E-state index in [-0.39, 0.29) is 5.56 Å². The van der Waals surface area contributed by atoms with E-state index in [2.05, 4.69) is 5.32 Å². The van der Waals surface area contributed by atoms with Gasteiger partial charge in [-0.05, 0) is 38.9 Å². The fraction of sp³-hybridized carbons (Fsp3) is 0.571. The first-order chi connectivity index (χ1) is 8.35. The van der Waals surface area contributed by atoms with Crippen molar-refractivity contribution in [1.82, 2.24) is 5.32 Å². The van der Waals surface area contributed by atoms with Crippen LogP contribution < -0.4 is 5.32 Å². The predicted molar refractivity (Wildman–Crippen MR) is 68.6 cm³/mol. The maximum atomic E-state index is 14.2. The van der Waals surface area contributed by atoms with Gasteiger partial charge in [0.15, 0.2) is 0 Å². The smallest absolute Gasteiger partial charge is 0.133 e. The molecule has 18 heavy (non-hydrogen) atoms. The van der Waals surface area contributed by atoms with Gasteiger partial charge in [-0.2, -0.15) is 0 Å². The van der Waals surface area contributed by atoms with E-state index in [1.807, 2.05) is 20.8 Å². The van der Waals surface area contributed by atoms with Gasteiger partial charge in [0.1, 0.15) is 11.6 Å². The summed E-state index contributed by atoms with van der Waals surface area (Å²) in [5, 5.41) is 3.09. The average Bonchev–Trinajstić information content (AvgIpc) is 2.33. The molecule has 1 unspecified atom stereocenters. The van der Waals surface area contributed by atoms with E-state index in [0.717, 1.165) is 0 Å². The molecule has 0 saturated heterocycles.